The Balaban J connectivity index is 1.73. The summed E-state index contributed by atoms with van der Waals surface area (Å²) < 4.78 is 0. The molecule has 0 saturated heterocycles. The van der Waals surface area contributed by atoms with Crippen LogP contribution in [0.2, 0.25) is 0 Å². The Kier molecular flexibility index (Phi) is 5.64. The Morgan fingerprint density at radius 3 is 2.76 bits per heavy atom. The van der Waals surface area contributed by atoms with Gasteiger partial charge in [0.25, 0.3) is 5.91 Å². The number of aryl methyl sites for hydroxylation is 2. The largest absolute Gasteiger partial charge is 0.367 e. The van der Waals surface area contributed by atoms with Crippen molar-refractivity contribution in [1.29, 1.82) is 0 Å². The number of nitrogens with zero attached hydrogens (tertiary/aromatic N) is 2. The van der Waals surface area contributed by atoms with Gasteiger partial charge in [0, 0.05) is 17.8 Å². The number of hydrogen-bond acceptors (Lipinski definition) is 4. The average Bonchev–Trinajstić information content (AvgIpc) is 2.64. The van der Waals surface area contributed by atoms with Gasteiger partial charge in [-0.15, -0.1) is 0 Å². The van der Waals surface area contributed by atoms with Crippen LogP contribution in [0.1, 0.15) is 60.6 Å². The van der Waals surface area contributed by atoms with E-state index >= 15 is 0 Å². The van der Waals surface area contributed by atoms with Crippen molar-refractivity contribution in [1.82, 2.24) is 9.97 Å². The maximum Gasteiger partial charge on any atom is 0.274 e. The van der Waals surface area contributed by atoms with Crippen LogP contribution in [0.3, 0.4) is 0 Å². The van der Waals surface area contributed by atoms with E-state index in [2.05, 4.69) is 27.5 Å². The summed E-state index contributed by atoms with van der Waals surface area (Å²) in [6, 6.07) is 8.25. The normalized spacial score (nSPS) is 15.0. The number of nitrogens with one attached hydrogen (secondary N) is 2. The molecule has 25 heavy (non-hydrogen) atoms. The molecule has 0 bridgehead atoms. The highest BCUT2D eigenvalue weighted by atomic mass is 16.1. The van der Waals surface area contributed by atoms with E-state index in [-0.39, 0.29) is 5.91 Å². The molecule has 5 heteroatoms. The highest BCUT2D eigenvalue weighted by molar-refractivity contribution is 6.04. The Hall–Kier alpha value is -2.43. The van der Waals surface area contributed by atoms with Gasteiger partial charge in [-0.25, -0.2) is 9.97 Å². The Morgan fingerprint density at radius 2 is 2.00 bits per heavy atom. The number of benzene rings is 1. The molecule has 1 aromatic carbocycles. The first kappa shape index (κ1) is 17.4. The van der Waals surface area contributed by atoms with Gasteiger partial charge in [-0.2, -0.15) is 0 Å². The van der Waals surface area contributed by atoms with Crippen molar-refractivity contribution < 1.29 is 4.79 Å². The van der Waals surface area contributed by atoms with Crippen LogP contribution in [0.15, 0.2) is 30.6 Å². The number of anilines is 2. The van der Waals surface area contributed by atoms with Crippen LogP contribution in [0, 0.1) is 6.92 Å². The van der Waals surface area contributed by atoms with Crippen molar-refractivity contribution >= 4 is 17.4 Å². The van der Waals surface area contributed by atoms with Crippen LogP contribution >= 0.6 is 0 Å². The van der Waals surface area contributed by atoms with E-state index < -0.39 is 0 Å². The third-order valence-corrected chi connectivity index (χ3v) is 4.84. The predicted octanol–water partition coefficient (Wildman–Crippen LogP) is 4.34. The van der Waals surface area contributed by atoms with Crippen LogP contribution in [0.25, 0.3) is 0 Å². The highest BCUT2D eigenvalue weighted by Crippen LogP contribution is 2.23. The highest BCUT2D eigenvalue weighted by Gasteiger charge is 2.16. The lowest BCUT2D eigenvalue weighted by molar-refractivity contribution is 0.102. The molecule has 1 aliphatic rings. The Labute approximate surface area is 149 Å². The second-order valence-electron chi connectivity index (χ2n) is 6.68. The Bertz CT molecular complexity index is 738. The minimum absolute atomic E-state index is 0.196. The molecule has 0 aliphatic heterocycles. The number of amides is 1. The molecule has 2 aromatic rings. The zero-order valence-electron chi connectivity index (χ0n) is 15.0. The van der Waals surface area contributed by atoms with Gasteiger partial charge < -0.3 is 10.6 Å². The van der Waals surface area contributed by atoms with Gasteiger partial charge in [0.2, 0.25) is 0 Å². The fourth-order valence-electron chi connectivity index (χ4n) is 3.40. The lowest BCUT2D eigenvalue weighted by Crippen LogP contribution is -2.23. The molecule has 3 rings (SSSR count). The standard InChI is InChI=1S/C20H26N4O/c1-3-15-9-7-8-14(2)19(15)24-20(25)17-12-18(22-13-21-17)23-16-10-5-4-6-11-16/h7-9,12-13,16H,3-6,10-11H2,1-2H3,(H,24,25)(H,21,22,23). The van der Waals surface area contributed by atoms with E-state index in [1.165, 1.54) is 25.6 Å². The number of carbonyl (C=O) groups is 1. The minimum atomic E-state index is -0.196. The Morgan fingerprint density at radius 1 is 1.20 bits per heavy atom. The summed E-state index contributed by atoms with van der Waals surface area (Å²) in [6.07, 6.45) is 8.47. The maximum atomic E-state index is 12.6. The van der Waals surface area contributed by atoms with Crippen LogP contribution < -0.4 is 10.6 Å². The first-order valence-electron chi connectivity index (χ1n) is 9.15. The molecule has 0 unspecified atom stereocenters. The second kappa shape index (κ2) is 8.10. The minimum Gasteiger partial charge on any atom is -0.367 e. The molecule has 0 atom stereocenters. The lowest BCUT2D eigenvalue weighted by Gasteiger charge is -2.23. The molecule has 0 radical (unpaired) electrons. The summed E-state index contributed by atoms with van der Waals surface area (Å²) in [5.74, 6) is 0.533. The number of para-hydroxylation sites is 1. The van der Waals surface area contributed by atoms with Gasteiger partial charge in [0.15, 0.2) is 0 Å². The van der Waals surface area contributed by atoms with Gasteiger partial charge in [-0.3, -0.25) is 4.79 Å². The van der Waals surface area contributed by atoms with E-state index in [1.807, 2.05) is 25.1 Å². The average molecular weight is 338 g/mol. The summed E-state index contributed by atoms with van der Waals surface area (Å²) in [4.78, 5) is 21.1. The number of rotatable bonds is 5. The fourth-order valence-corrected chi connectivity index (χ4v) is 3.40. The number of carbonyl (C=O) groups excluding carboxylic acids is 1. The third-order valence-electron chi connectivity index (χ3n) is 4.84. The van der Waals surface area contributed by atoms with E-state index in [9.17, 15) is 4.79 Å². The van der Waals surface area contributed by atoms with Crippen molar-refractivity contribution in [3.05, 3.63) is 47.4 Å². The molecule has 1 aliphatic carbocycles. The zero-order valence-corrected chi connectivity index (χ0v) is 15.0. The van der Waals surface area contributed by atoms with Gasteiger partial charge in [0.05, 0.1) is 0 Å². The summed E-state index contributed by atoms with van der Waals surface area (Å²) in [5, 5.41) is 6.46. The summed E-state index contributed by atoms with van der Waals surface area (Å²) >= 11 is 0. The molecule has 1 amide bonds. The molecule has 1 fully saturated rings. The molecule has 1 saturated carbocycles. The molecule has 2 N–H and O–H groups in total. The monoisotopic (exact) mass is 338 g/mol. The SMILES string of the molecule is CCc1cccc(C)c1NC(=O)c1cc(NC2CCCCC2)ncn1. The first-order chi connectivity index (χ1) is 12.2. The van der Waals surface area contributed by atoms with Gasteiger partial charge in [0.1, 0.15) is 17.8 Å². The second-order valence-corrected chi connectivity index (χ2v) is 6.68. The predicted molar refractivity (Wildman–Crippen MR) is 101 cm³/mol. The van der Waals surface area contributed by atoms with Crippen molar-refractivity contribution in [2.75, 3.05) is 10.6 Å². The van der Waals surface area contributed by atoms with E-state index in [1.54, 1.807) is 6.07 Å². The first-order valence-corrected chi connectivity index (χ1v) is 9.15. The van der Waals surface area contributed by atoms with Crippen molar-refractivity contribution in [2.45, 2.75) is 58.4 Å². The molecular weight excluding hydrogens is 312 g/mol. The molecule has 132 valence electrons. The van der Waals surface area contributed by atoms with Crippen LogP contribution in [-0.4, -0.2) is 21.9 Å². The molecule has 0 spiro atoms. The molecule has 5 nitrogen and oxygen atoms in total. The maximum absolute atomic E-state index is 12.6. The smallest absolute Gasteiger partial charge is 0.274 e. The van der Waals surface area contributed by atoms with Crippen LogP contribution in [-0.2, 0) is 6.42 Å². The van der Waals surface area contributed by atoms with Gasteiger partial charge in [-0.1, -0.05) is 44.4 Å². The quantitative estimate of drug-likeness (QED) is 0.851. The number of hydrogen-bond donors (Lipinski definition) is 2. The van der Waals surface area contributed by atoms with Crippen molar-refractivity contribution in [3.8, 4) is 0 Å². The topological polar surface area (TPSA) is 66.9 Å². The molecule has 1 heterocycles. The summed E-state index contributed by atoms with van der Waals surface area (Å²) in [5.41, 5.74) is 3.46. The van der Waals surface area contributed by atoms with Crippen molar-refractivity contribution in [2.24, 2.45) is 0 Å². The zero-order chi connectivity index (χ0) is 17.6. The summed E-state index contributed by atoms with van der Waals surface area (Å²) in [7, 11) is 0. The van der Waals surface area contributed by atoms with Crippen LogP contribution in [0.5, 0.6) is 0 Å². The van der Waals surface area contributed by atoms with Gasteiger partial charge in [-0.05, 0) is 37.3 Å². The van der Waals surface area contributed by atoms with Crippen LogP contribution in [0.4, 0.5) is 11.5 Å². The number of aromatic nitrogens is 2. The fraction of sp³-hybridized carbons (Fsp3) is 0.450. The van der Waals surface area contributed by atoms with E-state index in [0.29, 0.717) is 11.7 Å². The summed E-state index contributed by atoms with van der Waals surface area (Å²) in [6.45, 7) is 4.09. The van der Waals surface area contributed by atoms with Gasteiger partial charge >= 0.3 is 0 Å². The van der Waals surface area contributed by atoms with Crippen molar-refractivity contribution in [3.63, 3.8) is 0 Å². The lowest BCUT2D eigenvalue weighted by atomic mass is 9.95. The van der Waals surface area contributed by atoms with E-state index in [4.69, 9.17) is 0 Å². The third kappa shape index (κ3) is 4.35. The molecular formula is C20H26N4O. The molecule has 1 aromatic heterocycles. The van der Waals surface area contributed by atoms with E-state index in [0.717, 1.165) is 41.9 Å².